The standard InChI is InChI=1S/C14H17ClN6O/c1-14(2,22)12-5-3-4-9(18-12)8-20-11-7-17-6-10(15)13(11)19-21(20)16/h3-7,19,22H,8,16H2,1-2H3. The van der Waals surface area contributed by atoms with Crippen molar-refractivity contribution in [1.82, 2.24) is 15.2 Å². The van der Waals surface area contributed by atoms with E-state index in [0.29, 0.717) is 22.9 Å². The number of anilines is 2. The molecule has 3 rings (SSSR count). The molecule has 8 heteroatoms. The maximum absolute atomic E-state index is 10.1. The fraction of sp³-hybridized carbons (Fsp3) is 0.286. The number of pyridine rings is 2. The second kappa shape index (κ2) is 5.36. The van der Waals surface area contributed by atoms with E-state index in [0.717, 1.165) is 11.4 Å². The molecule has 0 amide bonds. The van der Waals surface area contributed by atoms with Gasteiger partial charge in [-0.25, -0.2) is 5.84 Å². The first kappa shape index (κ1) is 15.0. The first-order chi connectivity index (χ1) is 10.4. The number of hydrogen-bond acceptors (Lipinski definition) is 7. The molecule has 2 aromatic heterocycles. The van der Waals surface area contributed by atoms with Gasteiger partial charge in [-0.3, -0.25) is 20.4 Å². The molecule has 0 radical (unpaired) electrons. The summed E-state index contributed by atoms with van der Waals surface area (Å²) < 4.78 is 0. The van der Waals surface area contributed by atoms with Crippen molar-refractivity contribution in [2.75, 3.05) is 10.4 Å². The van der Waals surface area contributed by atoms with Crippen LogP contribution >= 0.6 is 11.6 Å². The van der Waals surface area contributed by atoms with E-state index in [4.69, 9.17) is 17.4 Å². The van der Waals surface area contributed by atoms with Crippen molar-refractivity contribution in [2.45, 2.75) is 26.0 Å². The van der Waals surface area contributed by atoms with E-state index in [1.54, 1.807) is 37.3 Å². The van der Waals surface area contributed by atoms with Crippen molar-refractivity contribution in [3.63, 3.8) is 0 Å². The highest BCUT2D eigenvalue weighted by molar-refractivity contribution is 6.33. The van der Waals surface area contributed by atoms with E-state index in [1.165, 1.54) is 5.23 Å². The van der Waals surface area contributed by atoms with E-state index >= 15 is 0 Å². The summed E-state index contributed by atoms with van der Waals surface area (Å²) in [6, 6.07) is 5.52. The van der Waals surface area contributed by atoms with Gasteiger partial charge in [0.2, 0.25) is 0 Å². The zero-order chi connectivity index (χ0) is 15.9. The summed E-state index contributed by atoms with van der Waals surface area (Å²) in [7, 11) is 0. The highest BCUT2D eigenvalue weighted by atomic mass is 35.5. The van der Waals surface area contributed by atoms with E-state index in [-0.39, 0.29) is 0 Å². The van der Waals surface area contributed by atoms with Gasteiger partial charge in [0.15, 0.2) is 0 Å². The number of aliphatic hydroxyl groups is 1. The summed E-state index contributed by atoms with van der Waals surface area (Å²) in [5.41, 5.74) is 4.82. The Morgan fingerprint density at radius 2 is 2.14 bits per heavy atom. The summed E-state index contributed by atoms with van der Waals surface area (Å²) >= 11 is 6.11. The summed E-state index contributed by atoms with van der Waals surface area (Å²) in [6.45, 7) is 3.82. The molecule has 4 N–H and O–H groups in total. The van der Waals surface area contributed by atoms with Crippen molar-refractivity contribution in [2.24, 2.45) is 5.84 Å². The fourth-order valence-electron chi connectivity index (χ4n) is 2.25. The van der Waals surface area contributed by atoms with Crippen LogP contribution in [0.5, 0.6) is 0 Å². The predicted molar refractivity (Wildman–Crippen MR) is 84.6 cm³/mol. The Morgan fingerprint density at radius 1 is 1.36 bits per heavy atom. The molecule has 3 heterocycles. The Hall–Kier alpha value is -1.93. The fourth-order valence-corrected chi connectivity index (χ4v) is 2.44. The van der Waals surface area contributed by atoms with Crippen molar-refractivity contribution >= 4 is 23.0 Å². The SMILES string of the molecule is CC(C)(O)c1cccc(CN2c3cncc(Cl)c3NN2N)n1. The number of halogens is 1. The zero-order valence-corrected chi connectivity index (χ0v) is 13.0. The lowest BCUT2D eigenvalue weighted by molar-refractivity contribution is 0.0736. The van der Waals surface area contributed by atoms with Gasteiger partial charge in [-0.1, -0.05) is 22.9 Å². The average Bonchev–Trinajstić information content (AvgIpc) is 2.77. The minimum atomic E-state index is -0.996. The van der Waals surface area contributed by atoms with Gasteiger partial charge < -0.3 is 5.11 Å². The van der Waals surface area contributed by atoms with Crippen LogP contribution in [0.25, 0.3) is 0 Å². The van der Waals surface area contributed by atoms with E-state index in [1.807, 2.05) is 12.1 Å². The molecular formula is C14H17ClN6O. The van der Waals surface area contributed by atoms with Gasteiger partial charge in [-0.05, 0) is 26.0 Å². The molecule has 0 saturated heterocycles. The monoisotopic (exact) mass is 320 g/mol. The number of aromatic nitrogens is 2. The van der Waals surface area contributed by atoms with Gasteiger partial charge in [0.05, 0.1) is 34.8 Å². The third-order valence-corrected chi connectivity index (χ3v) is 3.68. The number of rotatable bonds is 3. The Morgan fingerprint density at radius 3 is 2.86 bits per heavy atom. The van der Waals surface area contributed by atoms with Gasteiger partial charge in [0, 0.05) is 6.20 Å². The first-order valence-electron chi connectivity index (χ1n) is 6.77. The molecule has 0 aliphatic carbocycles. The van der Waals surface area contributed by atoms with Crippen LogP contribution in [-0.2, 0) is 12.1 Å². The Balaban J connectivity index is 1.90. The Bertz CT molecular complexity index is 702. The normalized spacial score (nSPS) is 14.9. The largest absolute Gasteiger partial charge is 0.384 e. The van der Waals surface area contributed by atoms with Gasteiger partial charge in [-0.15, -0.1) is 0 Å². The number of hydrazine groups is 3. The smallest absolute Gasteiger partial charge is 0.101 e. The summed E-state index contributed by atoms with van der Waals surface area (Å²) in [5.74, 6) is 5.95. The van der Waals surface area contributed by atoms with Crippen LogP contribution in [0.3, 0.4) is 0 Å². The molecule has 0 atom stereocenters. The second-order valence-electron chi connectivity index (χ2n) is 5.60. The topological polar surface area (TPSA) is 90.5 Å². The molecule has 116 valence electrons. The lowest BCUT2D eigenvalue weighted by atomic mass is 10.0. The quantitative estimate of drug-likeness (QED) is 0.743. The van der Waals surface area contributed by atoms with Gasteiger partial charge in [0.1, 0.15) is 11.3 Å². The summed E-state index contributed by atoms with van der Waals surface area (Å²) in [5, 5.41) is 13.7. The molecule has 1 aliphatic rings. The molecule has 0 aromatic carbocycles. The van der Waals surface area contributed by atoms with Gasteiger partial charge >= 0.3 is 0 Å². The van der Waals surface area contributed by atoms with E-state index in [2.05, 4.69) is 15.4 Å². The molecule has 0 bridgehead atoms. The van der Waals surface area contributed by atoms with Crippen LogP contribution in [0, 0.1) is 0 Å². The van der Waals surface area contributed by atoms with Crippen molar-refractivity contribution < 1.29 is 5.11 Å². The number of nitrogens with two attached hydrogens (primary N) is 1. The van der Waals surface area contributed by atoms with Crippen molar-refractivity contribution in [3.8, 4) is 0 Å². The minimum Gasteiger partial charge on any atom is -0.384 e. The second-order valence-corrected chi connectivity index (χ2v) is 6.01. The lowest BCUT2D eigenvalue weighted by Crippen LogP contribution is -2.46. The molecule has 22 heavy (non-hydrogen) atoms. The van der Waals surface area contributed by atoms with Crippen LogP contribution in [0.1, 0.15) is 25.2 Å². The van der Waals surface area contributed by atoms with Gasteiger partial charge in [-0.2, -0.15) is 0 Å². The highest BCUT2D eigenvalue weighted by Gasteiger charge is 2.28. The molecule has 2 aromatic rings. The van der Waals surface area contributed by atoms with Crippen molar-refractivity contribution in [3.05, 3.63) is 47.0 Å². The number of nitrogens with one attached hydrogen (secondary N) is 1. The number of nitrogens with zero attached hydrogens (tertiary/aromatic N) is 4. The molecule has 7 nitrogen and oxygen atoms in total. The van der Waals surface area contributed by atoms with Crippen LogP contribution in [0.15, 0.2) is 30.6 Å². The number of fused-ring (bicyclic) bond motifs is 1. The van der Waals surface area contributed by atoms with Crippen LogP contribution in [-0.4, -0.2) is 20.3 Å². The maximum atomic E-state index is 10.1. The first-order valence-corrected chi connectivity index (χ1v) is 7.15. The maximum Gasteiger partial charge on any atom is 0.101 e. The molecule has 0 unspecified atom stereocenters. The molecule has 1 aliphatic heterocycles. The van der Waals surface area contributed by atoms with Crippen LogP contribution in [0.4, 0.5) is 11.4 Å². The van der Waals surface area contributed by atoms with Crippen LogP contribution < -0.4 is 16.3 Å². The summed E-state index contributed by atoms with van der Waals surface area (Å²) in [6.07, 6.45) is 3.23. The molecule has 0 saturated carbocycles. The lowest BCUT2D eigenvalue weighted by Gasteiger charge is -2.25. The predicted octanol–water partition coefficient (Wildman–Crippen LogP) is 1.80. The number of hydrogen-bond donors (Lipinski definition) is 3. The molecular weight excluding hydrogens is 304 g/mol. The highest BCUT2D eigenvalue weighted by Crippen LogP contribution is 2.37. The molecule has 0 fully saturated rings. The summed E-state index contributed by atoms with van der Waals surface area (Å²) in [4.78, 5) is 8.56. The Kier molecular flexibility index (Phi) is 3.65. The average molecular weight is 321 g/mol. The van der Waals surface area contributed by atoms with E-state index < -0.39 is 5.60 Å². The third-order valence-electron chi connectivity index (χ3n) is 3.39. The van der Waals surface area contributed by atoms with Crippen LogP contribution in [0.2, 0.25) is 5.02 Å². The third kappa shape index (κ3) is 2.71. The minimum absolute atomic E-state index is 0.419. The Labute approximate surface area is 133 Å². The van der Waals surface area contributed by atoms with Crippen molar-refractivity contribution in [1.29, 1.82) is 0 Å². The zero-order valence-electron chi connectivity index (χ0n) is 12.3. The van der Waals surface area contributed by atoms with E-state index in [9.17, 15) is 5.11 Å². The van der Waals surface area contributed by atoms with Gasteiger partial charge in [0.25, 0.3) is 0 Å². The molecule has 0 spiro atoms.